The quantitative estimate of drug-likeness (QED) is 0.457. The number of ether oxygens (including phenoxy) is 1. The third kappa shape index (κ3) is 4.31. The third-order valence-electron chi connectivity index (χ3n) is 4.08. The number of H-pyrrole nitrogens is 1. The number of aliphatic hydroxyl groups excluding tert-OH is 1. The van der Waals surface area contributed by atoms with Crippen LogP contribution in [-0.2, 0) is 9.53 Å². The van der Waals surface area contributed by atoms with Crippen molar-refractivity contribution >= 4 is 5.91 Å². The Morgan fingerprint density at radius 3 is 2.92 bits per heavy atom. The van der Waals surface area contributed by atoms with Crippen molar-refractivity contribution in [2.24, 2.45) is 5.73 Å². The second-order valence-corrected chi connectivity index (χ2v) is 5.95. The van der Waals surface area contributed by atoms with Crippen LogP contribution in [0.5, 0.6) is 0 Å². The van der Waals surface area contributed by atoms with Crippen LogP contribution in [0.4, 0.5) is 0 Å². The van der Waals surface area contributed by atoms with E-state index in [9.17, 15) is 19.5 Å². The summed E-state index contributed by atoms with van der Waals surface area (Å²) in [6.07, 6.45) is 2.32. The molecule has 0 radical (unpaired) electrons. The van der Waals surface area contributed by atoms with E-state index in [0.717, 1.165) is 6.42 Å². The maximum absolute atomic E-state index is 11.9. The summed E-state index contributed by atoms with van der Waals surface area (Å²) in [7, 11) is 0. The SMILES string of the molecule is Cc1cn([C@H]2C[C@H](NC(=O)CCCCN)[C@@H](CO)O2)c(=O)[nH]c1=O. The highest BCUT2D eigenvalue weighted by molar-refractivity contribution is 5.76. The normalized spacial score (nSPS) is 23.4. The Labute approximate surface area is 138 Å². The van der Waals surface area contributed by atoms with Gasteiger partial charge in [0.15, 0.2) is 0 Å². The molecule has 0 aliphatic carbocycles. The minimum absolute atomic E-state index is 0.138. The largest absolute Gasteiger partial charge is 0.394 e. The minimum atomic E-state index is -0.653. The Balaban J connectivity index is 2.06. The first kappa shape index (κ1) is 18.4. The molecule has 0 unspecified atom stereocenters. The monoisotopic (exact) mass is 340 g/mol. The number of aromatic amines is 1. The van der Waals surface area contributed by atoms with E-state index >= 15 is 0 Å². The number of aromatic nitrogens is 2. The van der Waals surface area contributed by atoms with Crippen molar-refractivity contribution in [2.75, 3.05) is 13.2 Å². The van der Waals surface area contributed by atoms with Crippen LogP contribution >= 0.6 is 0 Å². The van der Waals surface area contributed by atoms with Gasteiger partial charge in [0.1, 0.15) is 12.3 Å². The molecule has 1 aliphatic rings. The van der Waals surface area contributed by atoms with Gasteiger partial charge < -0.3 is 20.9 Å². The number of aliphatic hydroxyl groups is 1. The van der Waals surface area contributed by atoms with Gasteiger partial charge in [0, 0.05) is 24.6 Å². The number of nitrogens with one attached hydrogen (secondary N) is 2. The van der Waals surface area contributed by atoms with E-state index in [1.54, 1.807) is 6.92 Å². The number of carbonyl (C=O) groups is 1. The number of carbonyl (C=O) groups excluding carboxylic acids is 1. The summed E-state index contributed by atoms with van der Waals surface area (Å²) in [5.41, 5.74) is 4.75. The lowest BCUT2D eigenvalue weighted by Crippen LogP contribution is -2.41. The molecule has 134 valence electrons. The smallest absolute Gasteiger partial charge is 0.330 e. The fourth-order valence-electron chi connectivity index (χ4n) is 2.73. The zero-order valence-electron chi connectivity index (χ0n) is 13.7. The van der Waals surface area contributed by atoms with Crippen LogP contribution in [0.3, 0.4) is 0 Å². The van der Waals surface area contributed by atoms with Gasteiger partial charge in [0.2, 0.25) is 5.91 Å². The van der Waals surface area contributed by atoms with Crippen molar-refractivity contribution in [1.29, 1.82) is 0 Å². The molecule has 0 spiro atoms. The van der Waals surface area contributed by atoms with Crippen molar-refractivity contribution in [3.63, 3.8) is 0 Å². The van der Waals surface area contributed by atoms with E-state index in [2.05, 4.69) is 10.3 Å². The Morgan fingerprint density at radius 1 is 1.50 bits per heavy atom. The zero-order valence-corrected chi connectivity index (χ0v) is 13.7. The Hall–Kier alpha value is -1.97. The predicted molar refractivity (Wildman–Crippen MR) is 86.5 cm³/mol. The van der Waals surface area contributed by atoms with Crippen molar-refractivity contribution in [2.45, 2.75) is 51.0 Å². The average molecular weight is 340 g/mol. The van der Waals surface area contributed by atoms with E-state index < -0.39 is 29.6 Å². The standard InChI is InChI=1S/C15H24N4O5/c1-9-7-19(15(23)18-14(9)22)13-6-10(11(8-20)24-13)17-12(21)4-2-3-5-16/h7,10-11,13,20H,2-6,8,16H2,1H3,(H,17,21)(H,18,22,23)/t10-,11+,13+/m0/s1. The number of hydrogen-bond acceptors (Lipinski definition) is 6. The molecule has 1 fully saturated rings. The number of rotatable bonds is 7. The van der Waals surface area contributed by atoms with Crippen LogP contribution in [0.1, 0.15) is 37.5 Å². The number of amides is 1. The summed E-state index contributed by atoms with van der Waals surface area (Å²) < 4.78 is 6.95. The molecule has 1 saturated heterocycles. The second-order valence-electron chi connectivity index (χ2n) is 5.95. The third-order valence-corrected chi connectivity index (χ3v) is 4.08. The van der Waals surface area contributed by atoms with E-state index in [1.165, 1.54) is 10.8 Å². The minimum Gasteiger partial charge on any atom is -0.394 e. The lowest BCUT2D eigenvalue weighted by Gasteiger charge is -2.17. The Morgan fingerprint density at radius 2 is 2.25 bits per heavy atom. The van der Waals surface area contributed by atoms with Gasteiger partial charge in [-0.2, -0.15) is 0 Å². The lowest BCUT2D eigenvalue weighted by atomic mass is 10.1. The molecule has 1 aromatic rings. The van der Waals surface area contributed by atoms with Gasteiger partial charge in [-0.1, -0.05) is 0 Å². The highest BCUT2D eigenvalue weighted by Gasteiger charge is 2.37. The first-order valence-corrected chi connectivity index (χ1v) is 8.04. The van der Waals surface area contributed by atoms with Gasteiger partial charge in [-0.25, -0.2) is 4.79 Å². The first-order valence-electron chi connectivity index (χ1n) is 8.04. The molecular weight excluding hydrogens is 316 g/mol. The summed E-state index contributed by atoms with van der Waals surface area (Å²) in [4.78, 5) is 37.5. The number of aryl methyl sites for hydroxylation is 1. The molecule has 1 amide bonds. The maximum atomic E-state index is 11.9. The van der Waals surface area contributed by atoms with Crippen LogP contribution in [0.2, 0.25) is 0 Å². The fraction of sp³-hybridized carbons (Fsp3) is 0.667. The van der Waals surface area contributed by atoms with Gasteiger partial charge in [0.25, 0.3) is 5.56 Å². The lowest BCUT2D eigenvalue weighted by molar-refractivity contribution is -0.122. The number of unbranched alkanes of at least 4 members (excludes halogenated alkanes) is 1. The first-order chi connectivity index (χ1) is 11.5. The van der Waals surface area contributed by atoms with E-state index in [-0.39, 0.29) is 12.5 Å². The molecule has 0 aromatic carbocycles. The summed E-state index contributed by atoms with van der Waals surface area (Å²) in [6, 6.07) is -0.399. The topological polar surface area (TPSA) is 139 Å². The molecule has 5 N–H and O–H groups in total. The van der Waals surface area contributed by atoms with E-state index in [1.807, 2.05) is 0 Å². The molecule has 9 nitrogen and oxygen atoms in total. The van der Waals surface area contributed by atoms with Gasteiger partial charge in [-0.05, 0) is 26.3 Å². The molecule has 1 aliphatic heterocycles. The molecule has 24 heavy (non-hydrogen) atoms. The van der Waals surface area contributed by atoms with Crippen molar-refractivity contribution in [3.8, 4) is 0 Å². The van der Waals surface area contributed by atoms with Gasteiger partial charge in [-0.15, -0.1) is 0 Å². The molecule has 2 rings (SSSR count). The molecule has 9 heteroatoms. The summed E-state index contributed by atoms with van der Waals surface area (Å²) in [5, 5.41) is 12.3. The summed E-state index contributed by atoms with van der Waals surface area (Å²) in [6.45, 7) is 1.85. The highest BCUT2D eigenvalue weighted by atomic mass is 16.5. The van der Waals surface area contributed by atoms with Crippen molar-refractivity contribution < 1.29 is 14.6 Å². The van der Waals surface area contributed by atoms with E-state index in [0.29, 0.717) is 31.4 Å². The molecule has 0 bridgehead atoms. The van der Waals surface area contributed by atoms with Crippen LogP contribution in [-0.4, -0.2) is 45.9 Å². The summed E-state index contributed by atoms with van der Waals surface area (Å²) in [5.74, 6) is -0.138. The number of nitrogens with zero attached hydrogens (tertiary/aromatic N) is 1. The average Bonchev–Trinajstić information content (AvgIpc) is 2.93. The van der Waals surface area contributed by atoms with Crippen LogP contribution in [0, 0.1) is 6.92 Å². The Kier molecular flexibility index (Phi) is 6.29. The van der Waals surface area contributed by atoms with Crippen molar-refractivity contribution in [3.05, 3.63) is 32.6 Å². The second kappa shape index (κ2) is 8.22. The van der Waals surface area contributed by atoms with Crippen molar-refractivity contribution in [1.82, 2.24) is 14.9 Å². The predicted octanol–water partition coefficient (Wildman–Crippen LogP) is -1.26. The molecule has 1 aromatic heterocycles. The fourth-order valence-corrected chi connectivity index (χ4v) is 2.73. The molecule has 3 atom stereocenters. The van der Waals surface area contributed by atoms with Gasteiger partial charge in [-0.3, -0.25) is 19.1 Å². The van der Waals surface area contributed by atoms with Gasteiger partial charge >= 0.3 is 5.69 Å². The number of hydrogen-bond donors (Lipinski definition) is 4. The summed E-state index contributed by atoms with van der Waals surface area (Å²) >= 11 is 0. The molecule has 0 saturated carbocycles. The molecule has 2 heterocycles. The highest BCUT2D eigenvalue weighted by Crippen LogP contribution is 2.27. The maximum Gasteiger partial charge on any atom is 0.330 e. The van der Waals surface area contributed by atoms with Crippen LogP contribution < -0.4 is 22.3 Å². The van der Waals surface area contributed by atoms with Gasteiger partial charge in [0.05, 0.1) is 12.6 Å². The number of nitrogens with two attached hydrogens (primary N) is 1. The van der Waals surface area contributed by atoms with Crippen LogP contribution in [0.25, 0.3) is 0 Å². The molecular formula is C15H24N4O5. The Bertz CT molecular complexity index is 683. The van der Waals surface area contributed by atoms with E-state index in [4.69, 9.17) is 10.5 Å². The zero-order chi connectivity index (χ0) is 17.7. The van der Waals surface area contributed by atoms with Crippen LogP contribution in [0.15, 0.2) is 15.8 Å².